The molecule has 1 aromatic rings. The fraction of sp³-hybridized carbons (Fsp3) is 0.571. The number of rotatable bonds is 6. The van der Waals surface area contributed by atoms with Gasteiger partial charge in [0.1, 0.15) is 5.75 Å². The van der Waals surface area contributed by atoms with Gasteiger partial charge in [-0.05, 0) is 43.5 Å². The summed E-state index contributed by atoms with van der Waals surface area (Å²) < 4.78 is 32.0. The molecule has 1 aromatic carbocycles. The summed E-state index contributed by atoms with van der Waals surface area (Å²) in [5.74, 6) is 0.808. The molecule has 1 atom stereocenters. The van der Waals surface area contributed by atoms with Gasteiger partial charge in [-0.2, -0.15) is 0 Å². The third-order valence-electron chi connectivity index (χ3n) is 3.57. The minimum absolute atomic E-state index is 0.299. The second-order valence-electron chi connectivity index (χ2n) is 5.01. The molecule has 6 heteroatoms. The van der Waals surface area contributed by atoms with E-state index >= 15 is 0 Å². The first-order valence-corrected chi connectivity index (χ1v) is 8.48. The van der Waals surface area contributed by atoms with Gasteiger partial charge in [-0.25, -0.2) is 13.1 Å². The molecule has 1 heterocycles. The highest BCUT2D eigenvalue weighted by Crippen LogP contribution is 2.12. The molecule has 1 fully saturated rings. The minimum atomic E-state index is -3.20. The van der Waals surface area contributed by atoms with Crippen LogP contribution in [0.4, 0.5) is 0 Å². The van der Waals surface area contributed by atoms with Crippen LogP contribution in [0.25, 0.3) is 0 Å². The van der Waals surface area contributed by atoms with E-state index in [0.717, 1.165) is 30.7 Å². The van der Waals surface area contributed by atoms with Gasteiger partial charge < -0.3 is 10.1 Å². The zero-order valence-electron chi connectivity index (χ0n) is 11.8. The molecule has 0 spiro atoms. The Hall–Kier alpha value is -1.11. The van der Waals surface area contributed by atoms with Gasteiger partial charge in [-0.3, -0.25) is 0 Å². The lowest BCUT2D eigenvalue weighted by Crippen LogP contribution is -2.44. The molecule has 2 N–H and O–H groups in total. The summed E-state index contributed by atoms with van der Waals surface area (Å²) in [6.07, 6.45) is 2.35. The normalized spacial score (nSPS) is 19.8. The van der Waals surface area contributed by atoms with E-state index in [9.17, 15) is 8.42 Å². The number of sulfonamides is 1. The van der Waals surface area contributed by atoms with Crippen LogP contribution in [0.5, 0.6) is 5.75 Å². The van der Waals surface area contributed by atoms with Gasteiger partial charge in [0.2, 0.25) is 10.0 Å². The van der Waals surface area contributed by atoms with E-state index < -0.39 is 10.0 Å². The molecule has 20 heavy (non-hydrogen) atoms. The van der Waals surface area contributed by atoms with Crippen molar-refractivity contribution in [1.29, 1.82) is 0 Å². The molecular weight excluding hydrogens is 276 g/mol. The van der Waals surface area contributed by atoms with E-state index in [0.29, 0.717) is 19.5 Å². The van der Waals surface area contributed by atoms with Gasteiger partial charge in [-0.1, -0.05) is 12.1 Å². The largest absolute Gasteiger partial charge is 0.497 e. The number of hydrogen-bond donors (Lipinski definition) is 2. The number of ether oxygens (including phenoxy) is 1. The Bertz CT molecular complexity index is 508. The summed E-state index contributed by atoms with van der Waals surface area (Å²) in [7, 11) is -1.58. The summed E-state index contributed by atoms with van der Waals surface area (Å²) in [5.41, 5.74) is 1.09. The topological polar surface area (TPSA) is 67.4 Å². The fourth-order valence-electron chi connectivity index (χ4n) is 2.33. The van der Waals surface area contributed by atoms with Crippen LogP contribution in [0.2, 0.25) is 0 Å². The summed E-state index contributed by atoms with van der Waals surface area (Å²) in [5, 5.41) is 2.83. The van der Waals surface area contributed by atoms with Crippen LogP contribution in [0, 0.1) is 0 Å². The van der Waals surface area contributed by atoms with Crippen molar-refractivity contribution < 1.29 is 13.2 Å². The Balaban J connectivity index is 1.81. The predicted molar refractivity (Wildman–Crippen MR) is 79.5 cm³/mol. The molecule has 0 bridgehead atoms. The SMILES string of the molecule is COc1ccc(CCNS(=O)(=O)C2CCCNC2)cc1. The van der Waals surface area contributed by atoms with Crippen LogP contribution < -0.4 is 14.8 Å². The Labute approximate surface area is 120 Å². The van der Waals surface area contributed by atoms with Gasteiger partial charge in [0.05, 0.1) is 12.4 Å². The molecule has 0 aromatic heterocycles. The van der Waals surface area contributed by atoms with Gasteiger partial charge in [0.15, 0.2) is 0 Å². The third kappa shape index (κ3) is 4.19. The standard InChI is InChI=1S/C14H22N2O3S/c1-19-13-6-4-12(5-7-13)8-10-16-20(17,18)14-3-2-9-15-11-14/h4-7,14-16H,2-3,8-11H2,1H3. The smallest absolute Gasteiger partial charge is 0.215 e. The third-order valence-corrected chi connectivity index (χ3v) is 5.45. The van der Waals surface area contributed by atoms with Crippen molar-refractivity contribution in [2.75, 3.05) is 26.7 Å². The first kappa shape index (κ1) is 15.3. The Morgan fingerprint density at radius 3 is 2.70 bits per heavy atom. The second-order valence-corrected chi connectivity index (χ2v) is 7.05. The van der Waals surface area contributed by atoms with Gasteiger partial charge in [0, 0.05) is 13.1 Å². The zero-order valence-corrected chi connectivity index (χ0v) is 12.6. The van der Waals surface area contributed by atoms with Crippen LogP contribution in [-0.4, -0.2) is 40.4 Å². The zero-order chi connectivity index (χ0) is 14.4. The molecule has 0 radical (unpaired) electrons. The molecule has 1 unspecified atom stereocenters. The quantitative estimate of drug-likeness (QED) is 0.819. The highest BCUT2D eigenvalue weighted by atomic mass is 32.2. The number of methoxy groups -OCH3 is 1. The van der Waals surface area contributed by atoms with E-state index in [1.807, 2.05) is 24.3 Å². The van der Waals surface area contributed by atoms with Crippen LogP contribution in [0.1, 0.15) is 18.4 Å². The van der Waals surface area contributed by atoms with Crippen LogP contribution in [-0.2, 0) is 16.4 Å². The van der Waals surface area contributed by atoms with Crippen molar-refractivity contribution in [2.45, 2.75) is 24.5 Å². The lowest BCUT2D eigenvalue weighted by atomic mass is 10.1. The molecule has 1 aliphatic heterocycles. The van der Waals surface area contributed by atoms with Crippen LogP contribution >= 0.6 is 0 Å². The number of benzene rings is 1. The first-order chi connectivity index (χ1) is 9.62. The number of piperidine rings is 1. The second kappa shape index (κ2) is 7.06. The lowest BCUT2D eigenvalue weighted by molar-refractivity contribution is 0.414. The first-order valence-electron chi connectivity index (χ1n) is 6.94. The average Bonchev–Trinajstić information content (AvgIpc) is 2.49. The fourth-order valence-corrected chi connectivity index (χ4v) is 3.77. The maximum absolute atomic E-state index is 12.1. The number of hydrogen-bond acceptors (Lipinski definition) is 4. The van der Waals surface area contributed by atoms with Gasteiger partial charge in [0.25, 0.3) is 0 Å². The summed E-state index contributed by atoms with van der Waals surface area (Å²) in [6.45, 7) is 1.90. The molecule has 0 aliphatic carbocycles. The lowest BCUT2D eigenvalue weighted by Gasteiger charge is -2.23. The highest BCUT2D eigenvalue weighted by Gasteiger charge is 2.26. The molecule has 0 saturated carbocycles. The summed E-state index contributed by atoms with van der Waals surface area (Å²) in [6, 6.07) is 7.67. The van der Waals surface area contributed by atoms with Crippen molar-refractivity contribution in [3.05, 3.63) is 29.8 Å². The summed E-state index contributed by atoms with van der Waals surface area (Å²) in [4.78, 5) is 0. The Morgan fingerprint density at radius 2 is 2.10 bits per heavy atom. The number of nitrogens with one attached hydrogen (secondary N) is 2. The van der Waals surface area contributed by atoms with Crippen LogP contribution in [0.3, 0.4) is 0 Å². The Kier molecular flexibility index (Phi) is 5.39. The van der Waals surface area contributed by atoms with Crippen molar-refractivity contribution in [3.63, 3.8) is 0 Å². The molecule has 112 valence electrons. The monoisotopic (exact) mass is 298 g/mol. The maximum Gasteiger partial charge on any atom is 0.215 e. The van der Waals surface area contributed by atoms with Crippen molar-refractivity contribution in [2.24, 2.45) is 0 Å². The van der Waals surface area contributed by atoms with E-state index in [2.05, 4.69) is 10.0 Å². The molecule has 0 amide bonds. The molecule has 1 aliphatic rings. The predicted octanol–water partition coefficient (Wildman–Crippen LogP) is 0.909. The van der Waals surface area contributed by atoms with E-state index in [-0.39, 0.29) is 5.25 Å². The van der Waals surface area contributed by atoms with Gasteiger partial charge in [-0.15, -0.1) is 0 Å². The molecular formula is C14H22N2O3S. The summed E-state index contributed by atoms with van der Waals surface area (Å²) >= 11 is 0. The van der Waals surface area contributed by atoms with E-state index in [1.165, 1.54) is 0 Å². The van der Waals surface area contributed by atoms with E-state index in [4.69, 9.17) is 4.74 Å². The maximum atomic E-state index is 12.1. The van der Waals surface area contributed by atoms with Gasteiger partial charge >= 0.3 is 0 Å². The molecule has 1 saturated heterocycles. The molecule has 2 rings (SSSR count). The van der Waals surface area contributed by atoms with Crippen molar-refractivity contribution >= 4 is 10.0 Å². The van der Waals surface area contributed by atoms with Crippen molar-refractivity contribution in [1.82, 2.24) is 10.0 Å². The Morgan fingerprint density at radius 1 is 1.35 bits per heavy atom. The van der Waals surface area contributed by atoms with Crippen molar-refractivity contribution in [3.8, 4) is 5.75 Å². The highest BCUT2D eigenvalue weighted by molar-refractivity contribution is 7.90. The average molecular weight is 298 g/mol. The van der Waals surface area contributed by atoms with E-state index in [1.54, 1.807) is 7.11 Å². The minimum Gasteiger partial charge on any atom is -0.497 e. The van der Waals surface area contributed by atoms with Crippen LogP contribution in [0.15, 0.2) is 24.3 Å². The molecule has 5 nitrogen and oxygen atoms in total.